The number of benzene rings is 5. The second kappa shape index (κ2) is 9.44. The Balaban J connectivity index is 1.45. The smallest absolute Gasteiger partial charge is 0.163 e. The van der Waals surface area contributed by atoms with Crippen molar-refractivity contribution in [2.75, 3.05) is 0 Å². The molecule has 40 heavy (non-hydrogen) atoms. The Kier molecular flexibility index (Phi) is 5.45. The number of hydrogen-bond donors (Lipinski definition) is 0. The van der Waals surface area contributed by atoms with E-state index in [0.717, 1.165) is 17.0 Å². The minimum atomic E-state index is -0.132. The van der Waals surface area contributed by atoms with Crippen LogP contribution in [0.15, 0.2) is 143 Å². The molecular weight excluding hydrogens is 506 g/mol. The first-order valence-corrected chi connectivity index (χ1v) is 14.2. The lowest BCUT2D eigenvalue weighted by atomic mass is 9.88. The molecule has 0 saturated carbocycles. The normalized spacial score (nSPS) is 15.1. The topological polar surface area (TPSA) is 38.7 Å². The van der Waals surface area contributed by atoms with Crippen LogP contribution in [0.5, 0.6) is 0 Å². The molecule has 1 aliphatic carbocycles. The van der Waals surface area contributed by atoms with E-state index in [9.17, 15) is 0 Å². The molecule has 4 heteroatoms. The highest BCUT2D eigenvalue weighted by molar-refractivity contribution is 7.99. The van der Waals surface area contributed by atoms with Gasteiger partial charge in [-0.3, -0.25) is 0 Å². The number of rotatable bonds is 3. The highest BCUT2D eigenvalue weighted by Crippen LogP contribution is 2.57. The Bertz CT molecular complexity index is 1870. The quantitative estimate of drug-likeness (QED) is 0.230. The molecular formula is C36H23N3S. The fourth-order valence-electron chi connectivity index (χ4n) is 5.88. The minimum Gasteiger partial charge on any atom is -0.212 e. The first kappa shape index (κ1) is 23.1. The van der Waals surface area contributed by atoms with E-state index in [0.29, 0.717) is 11.6 Å². The van der Waals surface area contributed by atoms with Gasteiger partial charge in [-0.25, -0.2) is 15.0 Å². The summed E-state index contributed by atoms with van der Waals surface area (Å²) in [6.45, 7) is 0. The van der Waals surface area contributed by atoms with Crippen LogP contribution in [0.25, 0.3) is 33.9 Å². The highest BCUT2D eigenvalue weighted by Gasteiger charge is 2.39. The maximum absolute atomic E-state index is 5.20. The SMILES string of the molecule is c1ccc(-c2nc(-c3ccccc3)nc(C3C4=C(c5ccccc5Sc5ccccc54)c4ccccc43)n2)cc1. The molecule has 1 aromatic heterocycles. The van der Waals surface area contributed by atoms with Gasteiger partial charge in [-0.2, -0.15) is 0 Å². The summed E-state index contributed by atoms with van der Waals surface area (Å²) in [7, 11) is 0. The third-order valence-corrected chi connectivity index (χ3v) is 8.78. The van der Waals surface area contributed by atoms with Gasteiger partial charge in [-0.05, 0) is 45.5 Å². The first-order valence-electron chi connectivity index (χ1n) is 13.4. The molecule has 0 saturated heterocycles. The van der Waals surface area contributed by atoms with Gasteiger partial charge < -0.3 is 0 Å². The Labute approximate surface area is 237 Å². The predicted molar refractivity (Wildman–Crippen MR) is 162 cm³/mol. The molecule has 188 valence electrons. The monoisotopic (exact) mass is 529 g/mol. The van der Waals surface area contributed by atoms with Crippen LogP contribution >= 0.6 is 11.8 Å². The van der Waals surface area contributed by atoms with Gasteiger partial charge in [0.2, 0.25) is 0 Å². The molecule has 8 rings (SSSR count). The maximum atomic E-state index is 5.20. The fourth-order valence-corrected chi connectivity index (χ4v) is 6.98. The summed E-state index contributed by atoms with van der Waals surface area (Å²) in [5, 5.41) is 0. The standard InChI is InChI=1S/C36H23N3S/c1-3-13-23(14-4-1)34-37-35(24-15-5-2-6-16-24)39-36(38-34)33-26-18-8-7-17-25(26)31-27-19-9-11-21-29(27)40-30-22-12-10-20-28(30)32(31)33/h1-22,33H. The van der Waals surface area contributed by atoms with Gasteiger partial charge >= 0.3 is 0 Å². The van der Waals surface area contributed by atoms with E-state index in [2.05, 4.69) is 97.1 Å². The lowest BCUT2D eigenvalue weighted by Gasteiger charge is -2.19. The van der Waals surface area contributed by atoms with Crippen LogP contribution in [0.2, 0.25) is 0 Å². The Hall–Kier alpha value is -4.80. The third-order valence-electron chi connectivity index (χ3n) is 7.63. The van der Waals surface area contributed by atoms with E-state index >= 15 is 0 Å². The van der Waals surface area contributed by atoms with Crippen molar-refractivity contribution in [1.29, 1.82) is 0 Å². The molecule has 0 radical (unpaired) electrons. The lowest BCUT2D eigenvalue weighted by Crippen LogP contribution is -2.10. The van der Waals surface area contributed by atoms with Crippen molar-refractivity contribution in [2.24, 2.45) is 0 Å². The molecule has 1 atom stereocenters. The Morgan fingerprint density at radius 3 is 1.60 bits per heavy atom. The largest absolute Gasteiger partial charge is 0.212 e. The van der Waals surface area contributed by atoms with Gasteiger partial charge in [-0.15, -0.1) is 0 Å². The molecule has 0 amide bonds. The number of aromatic nitrogens is 3. The summed E-state index contributed by atoms with van der Waals surface area (Å²) >= 11 is 1.84. The lowest BCUT2D eigenvalue weighted by molar-refractivity contribution is 0.879. The van der Waals surface area contributed by atoms with E-state index in [4.69, 9.17) is 15.0 Å². The molecule has 5 aromatic carbocycles. The third kappa shape index (κ3) is 3.72. The number of allylic oxidation sites excluding steroid dienone is 1. The van der Waals surface area contributed by atoms with Gasteiger partial charge in [0, 0.05) is 20.9 Å². The van der Waals surface area contributed by atoms with Crippen molar-refractivity contribution in [1.82, 2.24) is 15.0 Å². The van der Waals surface area contributed by atoms with Gasteiger partial charge in [0.15, 0.2) is 11.6 Å². The average Bonchev–Trinajstić information content (AvgIpc) is 3.29. The van der Waals surface area contributed by atoms with Crippen molar-refractivity contribution in [3.05, 3.63) is 162 Å². The fraction of sp³-hybridized carbons (Fsp3) is 0.0278. The van der Waals surface area contributed by atoms with Crippen LogP contribution in [0.3, 0.4) is 0 Å². The van der Waals surface area contributed by atoms with Gasteiger partial charge in [0.05, 0.1) is 5.92 Å². The summed E-state index contributed by atoms with van der Waals surface area (Å²) in [4.78, 5) is 17.9. The summed E-state index contributed by atoms with van der Waals surface area (Å²) in [5.41, 5.74) is 9.47. The number of hydrogen-bond acceptors (Lipinski definition) is 4. The summed E-state index contributed by atoms with van der Waals surface area (Å²) < 4.78 is 0. The molecule has 0 N–H and O–H groups in total. The van der Waals surface area contributed by atoms with Gasteiger partial charge in [0.1, 0.15) is 5.82 Å². The molecule has 0 bridgehead atoms. The van der Waals surface area contributed by atoms with Crippen LogP contribution in [-0.2, 0) is 0 Å². The van der Waals surface area contributed by atoms with Crippen molar-refractivity contribution >= 4 is 22.9 Å². The summed E-state index contributed by atoms with van der Waals surface area (Å²) in [5.74, 6) is 2.01. The molecule has 2 aliphatic rings. The van der Waals surface area contributed by atoms with Crippen molar-refractivity contribution < 1.29 is 0 Å². The molecule has 1 unspecified atom stereocenters. The van der Waals surface area contributed by atoms with E-state index in [1.807, 2.05) is 48.2 Å². The van der Waals surface area contributed by atoms with Crippen molar-refractivity contribution in [3.8, 4) is 22.8 Å². The Morgan fingerprint density at radius 2 is 0.950 bits per heavy atom. The van der Waals surface area contributed by atoms with Crippen molar-refractivity contribution in [2.45, 2.75) is 15.7 Å². The van der Waals surface area contributed by atoms with E-state index in [-0.39, 0.29) is 5.92 Å². The minimum absolute atomic E-state index is 0.132. The summed E-state index contributed by atoms with van der Waals surface area (Å²) in [6.07, 6.45) is 0. The van der Waals surface area contributed by atoms with E-state index in [1.54, 1.807) is 0 Å². The average molecular weight is 530 g/mol. The molecule has 0 fully saturated rings. The zero-order valence-electron chi connectivity index (χ0n) is 21.5. The molecule has 2 heterocycles. The van der Waals surface area contributed by atoms with Crippen LogP contribution in [-0.4, -0.2) is 15.0 Å². The highest BCUT2D eigenvalue weighted by atomic mass is 32.2. The molecule has 6 aromatic rings. The second-order valence-corrected chi connectivity index (χ2v) is 11.1. The second-order valence-electron chi connectivity index (χ2n) is 9.98. The summed E-state index contributed by atoms with van der Waals surface area (Å²) in [6, 6.07) is 46.7. The molecule has 1 aliphatic heterocycles. The van der Waals surface area contributed by atoms with Gasteiger partial charge in [-0.1, -0.05) is 133 Å². The van der Waals surface area contributed by atoms with Gasteiger partial charge in [0.25, 0.3) is 0 Å². The van der Waals surface area contributed by atoms with Crippen LogP contribution in [0.4, 0.5) is 0 Å². The van der Waals surface area contributed by atoms with E-state index in [1.165, 1.54) is 43.2 Å². The van der Waals surface area contributed by atoms with Crippen LogP contribution in [0, 0.1) is 0 Å². The number of nitrogens with zero attached hydrogens (tertiary/aromatic N) is 3. The Morgan fingerprint density at radius 1 is 0.450 bits per heavy atom. The van der Waals surface area contributed by atoms with E-state index < -0.39 is 0 Å². The predicted octanol–water partition coefficient (Wildman–Crippen LogP) is 8.77. The van der Waals surface area contributed by atoms with Crippen LogP contribution < -0.4 is 0 Å². The maximum Gasteiger partial charge on any atom is 0.163 e. The molecule has 0 spiro atoms. The zero-order valence-corrected chi connectivity index (χ0v) is 22.3. The first-order chi connectivity index (χ1) is 19.8. The molecule has 3 nitrogen and oxygen atoms in total. The number of fused-ring (bicyclic) bond motifs is 6. The van der Waals surface area contributed by atoms with Crippen molar-refractivity contribution in [3.63, 3.8) is 0 Å². The zero-order chi connectivity index (χ0) is 26.5. The van der Waals surface area contributed by atoms with Crippen LogP contribution in [0.1, 0.15) is 34.0 Å².